The summed E-state index contributed by atoms with van der Waals surface area (Å²) in [5.74, 6) is 0.0675. The lowest BCUT2D eigenvalue weighted by Crippen LogP contribution is -2.28. The maximum absolute atomic E-state index is 12.9. The number of carbonyl (C=O) groups excluding carboxylic acids is 1. The van der Waals surface area contributed by atoms with Crippen molar-refractivity contribution >= 4 is 27.3 Å². The van der Waals surface area contributed by atoms with Gasteiger partial charge in [-0.15, -0.1) is 0 Å². The highest BCUT2D eigenvalue weighted by molar-refractivity contribution is 7.92. The summed E-state index contributed by atoms with van der Waals surface area (Å²) in [6.45, 7) is 1.60. The zero-order valence-corrected chi connectivity index (χ0v) is 16.2. The third-order valence-corrected chi connectivity index (χ3v) is 7.14. The molecule has 0 atom stereocenters. The summed E-state index contributed by atoms with van der Waals surface area (Å²) in [6.07, 6.45) is 5.12. The molecule has 0 unspecified atom stereocenters. The van der Waals surface area contributed by atoms with E-state index in [-0.39, 0.29) is 16.9 Å². The maximum atomic E-state index is 12.9. The highest BCUT2D eigenvalue weighted by Crippen LogP contribution is 2.33. The van der Waals surface area contributed by atoms with Crippen LogP contribution in [0.3, 0.4) is 0 Å². The molecule has 1 aliphatic carbocycles. The summed E-state index contributed by atoms with van der Waals surface area (Å²) in [6, 6.07) is 11.7. The van der Waals surface area contributed by atoms with Crippen LogP contribution in [0.1, 0.15) is 31.2 Å². The van der Waals surface area contributed by atoms with Crippen molar-refractivity contribution in [3.63, 3.8) is 0 Å². The van der Waals surface area contributed by atoms with E-state index < -0.39 is 9.84 Å². The Labute approximate surface area is 164 Å². The lowest BCUT2D eigenvalue weighted by Gasteiger charge is -2.14. The first-order valence-corrected chi connectivity index (χ1v) is 11.0. The topological polar surface area (TPSA) is 91.7 Å². The number of nitrogens with one attached hydrogen (secondary N) is 1. The van der Waals surface area contributed by atoms with E-state index in [1.54, 1.807) is 48.7 Å². The number of amides is 1. The summed E-state index contributed by atoms with van der Waals surface area (Å²) < 4.78 is 24.8. The van der Waals surface area contributed by atoms with Gasteiger partial charge in [-0.25, -0.2) is 13.4 Å². The minimum atomic E-state index is -3.26. The number of hydrogen-bond acceptors (Lipinski definition) is 6. The highest BCUT2D eigenvalue weighted by Gasteiger charge is 2.36. The second kappa shape index (κ2) is 7.71. The smallest absolute Gasteiger partial charge is 0.277 e. The van der Waals surface area contributed by atoms with Gasteiger partial charge in [-0.2, -0.15) is 5.10 Å². The molecule has 1 aromatic heterocycles. The van der Waals surface area contributed by atoms with Gasteiger partial charge in [-0.3, -0.25) is 9.80 Å². The SMILES string of the molecule is O=C(Nc1ccccn1)/C(=N/N1CCCC1)c1ccc(S(=O)(=O)C2CC2)cc1. The predicted octanol–water partition coefficient (Wildman–Crippen LogP) is 2.46. The lowest BCUT2D eigenvalue weighted by molar-refractivity contribution is -0.110. The molecule has 2 fully saturated rings. The third kappa shape index (κ3) is 4.06. The number of aromatic nitrogens is 1. The van der Waals surface area contributed by atoms with Crippen molar-refractivity contribution in [2.75, 3.05) is 18.4 Å². The van der Waals surface area contributed by atoms with Crippen LogP contribution in [-0.4, -0.2) is 48.4 Å². The molecule has 2 aliphatic rings. The minimum Gasteiger partial charge on any atom is -0.305 e. The number of hydrazone groups is 1. The predicted molar refractivity (Wildman–Crippen MR) is 107 cm³/mol. The lowest BCUT2D eigenvalue weighted by atomic mass is 10.1. The molecule has 2 heterocycles. The van der Waals surface area contributed by atoms with E-state index in [2.05, 4.69) is 15.4 Å². The first kappa shape index (κ1) is 18.6. The van der Waals surface area contributed by atoms with Crippen molar-refractivity contribution < 1.29 is 13.2 Å². The molecule has 4 rings (SSSR count). The molecule has 0 bridgehead atoms. The maximum Gasteiger partial charge on any atom is 0.277 e. The highest BCUT2D eigenvalue weighted by atomic mass is 32.2. The number of nitrogens with zero attached hydrogens (tertiary/aromatic N) is 3. The van der Waals surface area contributed by atoms with Crippen LogP contribution in [0, 0.1) is 0 Å². The van der Waals surface area contributed by atoms with Crippen LogP contribution in [0.2, 0.25) is 0 Å². The van der Waals surface area contributed by atoms with Crippen LogP contribution in [0.15, 0.2) is 58.7 Å². The fourth-order valence-electron chi connectivity index (χ4n) is 3.16. The number of rotatable bonds is 6. The second-order valence-electron chi connectivity index (χ2n) is 7.05. The molecule has 0 spiro atoms. The molecule has 2 aromatic rings. The Morgan fingerprint density at radius 3 is 2.39 bits per heavy atom. The van der Waals surface area contributed by atoms with E-state index in [0.717, 1.165) is 38.8 Å². The molecule has 1 saturated heterocycles. The first-order valence-electron chi connectivity index (χ1n) is 9.44. The van der Waals surface area contributed by atoms with Crippen LogP contribution in [0.5, 0.6) is 0 Å². The van der Waals surface area contributed by atoms with Crippen LogP contribution in [-0.2, 0) is 14.6 Å². The van der Waals surface area contributed by atoms with Gasteiger partial charge in [-0.05, 0) is 49.9 Å². The Morgan fingerprint density at radius 1 is 1.07 bits per heavy atom. The number of hydrogen-bond donors (Lipinski definition) is 1. The monoisotopic (exact) mass is 398 g/mol. The fraction of sp³-hybridized carbons (Fsp3) is 0.350. The molecular weight excluding hydrogens is 376 g/mol. The average molecular weight is 398 g/mol. The molecule has 0 radical (unpaired) electrons. The Morgan fingerprint density at radius 2 is 1.79 bits per heavy atom. The fourth-order valence-corrected chi connectivity index (χ4v) is 4.82. The quantitative estimate of drug-likeness (QED) is 0.755. The van der Waals surface area contributed by atoms with Gasteiger partial charge in [0.15, 0.2) is 15.5 Å². The molecule has 1 N–H and O–H groups in total. The molecule has 28 heavy (non-hydrogen) atoms. The molecule has 8 heteroatoms. The van der Waals surface area contributed by atoms with Gasteiger partial charge in [-0.1, -0.05) is 18.2 Å². The molecular formula is C20H22N4O3S. The van der Waals surface area contributed by atoms with Gasteiger partial charge in [0.05, 0.1) is 10.1 Å². The number of pyridine rings is 1. The molecule has 7 nitrogen and oxygen atoms in total. The summed E-state index contributed by atoms with van der Waals surface area (Å²) in [4.78, 5) is 17.3. The Hall–Kier alpha value is -2.74. The largest absolute Gasteiger partial charge is 0.305 e. The van der Waals surface area contributed by atoms with Crippen LogP contribution >= 0.6 is 0 Å². The summed E-state index contributed by atoms with van der Waals surface area (Å²) in [5, 5.41) is 8.92. The van der Waals surface area contributed by atoms with Crippen molar-refractivity contribution in [1.29, 1.82) is 0 Å². The normalized spacial score (nSPS) is 17.6. The summed E-state index contributed by atoms with van der Waals surface area (Å²) in [7, 11) is -3.26. The molecule has 1 aliphatic heterocycles. The van der Waals surface area contributed by atoms with Crippen molar-refractivity contribution in [2.24, 2.45) is 5.10 Å². The van der Waals surface area contributed by atoms with E-state index in [1.165, 1.54) is 0 Å². The number of sulfone groups is 1. The van der Waals surface area contributed by atoms with Gasteiger partial charge >= 0.3 is 0 Å². The first-order chi connectivity index (χ1) is 13.5. The average Bonchev–Trinajstić information content (AvgIpc) is 3.45. The van der Waals surface area contributed by atoms with Crippen LogP contribution < -0.4 is 5.32 Å². The summed E-state index contributed by atoms with van der Waals surface area (Å²) in [5.41, 5.74) is 0.831. The van der Waals surface area contributed by atoms with Crippen LogP contribution in [0.25, 0.3) is 0 Å². The van der Waals surface area contributed by atoms with Gasteiger partial charge in [0.25, 0.3) is 5.91 Å². The number of carbonyl (C=O) groups is 1. The van der Waals surface area contributed by atoms with Gasteiger partial charge in [0, 0.05) is 24.8 Å². The van der Waals surface area contributed by atoms with Crippen molar-refractivity contribution in [1.82, 2.24) is 9.99 Å². The molecule has 146 valence electrons. The van der Waals surface area contributed by atoms with Crippen molar-refractivity contribution in [2.45, 2.75) is 35.8 Å². The number of benzene rings is 1. The zero-order chi connectivity index (χ0) is 19.6. The Balaban J connectivity index is 1.62. The van der Waals surface area contributed by atoms with E-state index in [1.807, 2.05) is 5.01 Å². The Bertz CT molecular complexity index is 978. The van der Waals surface area contributed by atoms with E-state index in [4.69, 9.17) is 0 Å². The molecule has 1 saturated carbocycles. The van der Waals surface area contributed by atoms with Gasteiger partial charge in [0.1, 0.15) is 5.82 Å². The van der Waals surface area contributed by atoms with Gasteiger partial charge in [0.2, 0.25) is 0 Å². The van der Waals surface area contributed by atoms with E-state index >= 15 is 0 Å². The standard InChI is InChI=1S/C20H22N4O3S/c25-20(22-18-5-1-2-12-21-18)19(23-24-13-3-4-14-24)15-6-8-16(9-7-15)28(26,27)17-10-11-17/h1-2,5-9,12,17H,3-4,10-11,13-14H2,(H,21,22,25)/b23-19+. The third-order valence-electron chi connectivity index (χ3n) is 4.86. The summed E-state index contributed by atoms with van der Waals surface area (Å²) >= 11 is 0. The van der Waals surface area contributed by atoms with Gasteiger partial charge < -0.3 is 5.32 Å². The second-order valence-corrected chi connectivity index (χ2v) is 9.28. The van der Waals surface area contributed by atoms with E-state index in [0.29, 0.717) is 16.3 Å². The van der Waals surface area contributed by atoms with Crippen molar-refractivity contribution in [3.05, 3.63) is 54.2 Å². The molecule has 1 amide bonds. The van der Waals surface area contributed by atoms with Crippen LogP contribution in [0.4, 0.5) is 5.82 Å². The zero-order valence-electron chi connectivity index (χ0n) is 15.4. The van der Waals surface area contributed by atoms with E-state index in [9.17, 15) is 13.2 Å². The number of anilines is 1. The Kier molecular flexibility index (Phi) is 5.13. The minimum absolute atomic E-state index is 0.253. The molecule has 1 aromatic carbocycles. The van der Waals surface area contributed by atoms with Crippen molar-refractivity contribution in [3.8, 4) is 0 Å².